The second-order valence-corrected chi connectivity index (χ2v) is 8.36. The van der Waals surface area contributed by atoms with Gasteiger partial charge >= 0.3 is 0 Å². The van der Waals surface area contributed by atoms with Gasteiger partial charge in [0.2, 0.25) is 5.95 Å². The largest absolute Gasteiger partial charge is 0.353 e. The molecule has 0 radical (unpaired) electrons. The van der Waals surface area contributed by atoms with Gasteiger partial charge in [-0.15, -0.1) is 0 Å². The second-order valence-electron chi connectivity index (χ2n) is 5.98. The zero-order valence-corrected chi connectivity index (χ0v) is 16.8. The summed E-state index contributed by atoms with van der Waals surface area (Å²) in [5, 5.41) is 7.09. The third kappa shape index (κ3) is 2.44. The van der Waals surface area contributed by atoms with Crippen LogP contribution in [0.2, 0.25) is 0 Å². The van der Waals surface area contributed by atoms with E-state index in [2.05, 4.69) is 63.0 Å². The minimum atomic E-state index is 0.519. The first kappa shape index (κ1) is 15.4. The fraction of sp³-hybridized carbons (Fsp3) is 0.533. The first-order chi connectivity index (χ1) is 10.7. The number of anilines is 1. The average molecular weight is 493 g/mol. The molecule has 2 aliphatic rings. The van der Waals surface area contributed by atoms with Crippen molar-refractivity contribution in [3.63, 3.8) is 0 Å². The van der Waals surface area contributed by atoms with Crippen LogP contribution in [-0.4, -0.2) is 28.7 Å². The quantitative estimate of drug-likeness (QED) is 0.609. The number of imidazole rings is 1. The zero-order chi connectivity index (χ0) is 15.3. The van der Waals surface area contributed by atoms with E-state index < -0.39 is 0 Å². The Balaban J connectivity index is 1.83. The normalized spacial score (nSPS) is 18.9. The summed E-state index contributed by atoms with van der Waals surface area (Å²) in [4.78, 5) is 4.91. The summed E-state index contributed by atoms with van der Waals surface area (Å²) >= 11 is 11.1. The van der Waals surface area contributed by atoms with Crippen LogP contribution < -0.4 is 10.6 Å². The first-order valence-electron chi connectivity index (χ1n) is 7.69. The number of nitrogens with one attached hydrogen (secondary N) is 2. The van der Waals surface area contributed by atoms with E-state index in [0.717, 1.165) is 70.2 Å². The van der Waals surface area contributed by atoms with Crippen molar-refractivity contribution in [3.8, 4) is 0 Å². The lowest BCUT2D eigenvalue weighted by atomic mass is 10.0. The molecule has 0 saturated carbocycles. The van der Waals surface area contributed by atoms with Crippen molar-refractivity contribution in [3.05, 3.63) is 19.0 Å². The van der Waals surface area contributed by atoms with Crippen LogP contribution in [-0.2, 0) is 13.0 Å². The lowest BCUT2D eigenvalue weighted by molar-refractivity contribution is 0.474. The molecule has 3 heterocycles. The van der Waals surface area contributed by atoms with Crippen molar-refractivity contribution < 1.29 is 0 Å². The van der Waals surface area contributed by atoms with Gasteiger partial charge in [0.25, 0.3) is 0 Å². The molecule has 2 aromatic rings. The SMILES string of the molecule is Brc1c(Br)c2c3c(nc(NC4CCNCC4)n3CCC2)c1Br. The van der Waals surface area contributed by atoms with Crippen LogP contribution in [0.4, 0.5) is 5.95 Å². The van der Waals surface area contributed by atoms with Crippen molar-refractivity contribution in [2.24, 2.45) is 0 Å². The molecule has 0 unspecified atom stereocenters. The Hall–Kier alpha value is -0.110. The molecule has 118 valence electrons. The maximum atomic E-state index is 4.91. The van der Waals surface area contributed by atoms with Crippen molar-refractivity contribution in [2.75, 3.05) is 18.4 Å². The number of benzene rings is 1. The van der Waals surface area contributed by atoms with Gasteiger partial charge in [-0.05, 0) is 92.1 Å². The summed E-state index contributed by atoms with van der Waals surface area (Å²) < 4.78 is 5.61. The highest BCUT2D eigenvalue weighted by Gasteiger charge is 2.26. The summed E-state index contributed by atoms with van der Waals surface area (Å²) in [6.45, 7) is 3.21. The summed E-state index contributed by atoms with van der Waals surface area (Å²) in [6, 6.07) is 0.519. The van der Waals surface area contributed by atoms with E-state index >= 15 is 0 Å². The summed E-state index contributed by atoms with van der Waals surface area (Å²) in [7, 11) is 0. The van der Waals surface area contributed by atoms with E-state index in [-0.39, 0.29) is 0 Å². The van der Waals surface area contributed by atoms with Gasteiger partial charge in [-0.25, -0.2) is 4.98 Å². The monoisotopic (exact) mass is 490 g/mol. The maximum absolute atomic E-state index is 4.91. The molecule has 2 N–H and O–H groups in total. The number of hydrogen-bond acceptors (Lipinski definition) is 3. The molecule has 0 spiro atoms. The van der Waals surface area contributed by atoms with Gasteiger partial charge in [0.05, 0.1) is 9.99 Å². The van der Waals surface area contributed by atoms with Gasteiger partial charge in [-0.1, -0.05) is 0 Å². The summed E-state index contributed by atoms with van der Waals surface area (Å²) in [6.07, 6.45) is 4.57. The van der Waals surface area contributed by atoms with Gasteiger partial charge in [-0.2, -0.15) is 0 Å². The van der Waals surface area contributed by atoms with Crippen molar-refractivity contribution in [2.45, 2.75) is 38.3 Å². The fourth-order valence-electron chi connectivity index (χ4n) is 3.47. The molecular weight excluding hydrogens is 476 g/mol. The van der Waals surface area contributed by atoms with Crippen LogP contribution in [0.1, 0.15) is 24.8 Å². The van der Waals surface area contributed by atoms with Crippen LogP contribution in [0.15, 0.2) is 13.4 Å². The topological polar surface area (TPSA) is 41.9 Å². The molecule has 1 aromatic heterocycles. The van der Waals surface area contributed by atoms with E-state index in [4.69, 9.17) is 4.98 Å². The molecule has 7 heteroatoms. The van der Waals surface area contributed by atoms with Gasteiger partial charge in [-0.3, -0.25) is 0 Å². The molecule has 1 fully saturated rings. The van der Waals surface area contributed by atoms with Crippen LogP contribution in [0.25, 0.3) is 11.0 Å². The van der Waals surface area contributed by atoms with E-state index in [0.29, 0.717) is 6.04 Å². The molecule has 22 heavy (non-hydrogen) atoms. The fourth-order valence-corrected chi connectivity index (χ4v) is 5.22. The Morgan fingerprint density at radius 3 is 2.64 bits per heavy atom. The highest BCUT2D eigenvalue weighted by Crippen LogP contribution is 2.43. The standard InChI is InChI=1S/C15H17Br3N4/c16-10-9-2-1-7-22-14(9)13(12(18)11(10)17)21-15(22)20-8-3-5-19-6-4-8/h8,19H,1-7H2,(H,20,21). The second kappa shape index (κ2) is 6.07. The molecular formula is C15H17Br3N4. The van der Waals surface area contributed by atoms with E-state index in [1.807, 2.05) is 0 Å². The predicted molar refractivity (Wildman–Crippen MR) is 101 cm³/mol. The lowest BCUT2D eigenvalue weighted by Crippen LogP contribution is -2.36. The smallest absolute Gasteiger partial charge is 0.204 e. The first-order valence-corrected chi connectivity index (χ1v) is 10.1. The average Bonchev–Trinajstić information content (AvgIpc) is 2.91. The molecule has 1 saturated heterocycles. The number of nitrogens with zero attached hydrogens (tertiary/aromatic N) is 2. The van der Waals surface area contributed by atoms with Crippen LogP contribution in [0.3, 0.4) is 0 Å². The molecule has 0 bridgehead atoms. The summed E-state index contributed by atoms with van der Waals surface area (Å²) in [5.74, 6) is 1.02. The number of hydrogen-bond donors (Lipinski definition) is 2. The minimum absolute atomic E-state index is 0.519. The Morgan fingerprint density at radius 1 is 1.09 bits per heavy atom. The highest BCUT2D eigenvalue weighted by atomic mass is 79.9. The Bertz CT molecular complexity index is 734. The third-order valence-electron chi connectivity index (χ3n) is 4.59. The molecule has 4 rings (SSSR count). The van der Waals surface area contributed by atoms with Gasteiger partial charge in [0, 0.05) is 21.5 Å². The van der Waals surface area contributed by atoms with E-state index in [9.17, 15) is 0 Å². The minimum Gasteiger partial charge on any atom is -0.353 e. The number of aromatic nitrogens is 2. The van der Waals surface area contributed by atoms with Crippen LogP contribution >= 0.6 is 47.8 Å². The predicted octanol–water partition coefficient (Wildman–Crippen LogP) is 4.43. The molecule has 1 aromatic carbocycles. The Kier molecular flexibility index (Phi) is 4.26. The van der Waals surface area contributed by atoms with E-state index in [1.54, 1.807) is 0 Å². The van der Waals surface area contributed by atoms with Crippen molar-refractivity contribution in [1.82, 2.24) is 14.9 Å². The van der Waals surface area contributed by atoms with Gasteiger partial charge < -0.3 is 15.2 Å². The van der Waals surface area contributed by atoms with Crippen molar-refractivity contribution >= 4 is 64.8 Å². The number of halogens is 3. The zero-order valence-electron chi connectivity index (χ0n) is 12.1. The molecule has 2 aliphatic heterocycles. The Labute approximate surface area is 154 Å². The number of aryl methyl sites for hydroxylation is 2. The van der Waals surface area contributed by atoms with Crippen molar-refractivity contribution in [1.29, 1.82) is 0 Å². The van der Waals surface area contributed by atoms with Gasteiger partial charge in [0.1, 0.15) is 5.52 Å². The number of piperidine rings is 1. The maximum Gasteiger partial charge on any atom is 0.204 e. The molecule has 4 nitrogen and oxygen atoms in total. The molecule has 0 atom stereocenters. The van der Waals surface area contributed by atoms with Gasteiger partial charge in [0.15, 0.2) is 0 Å². The van der Waals surface area contributed by atoms with Crippen LogP contribution in [0, 0.1) is 0 Å². The molecule has 0 aliphatic carbocycles. The highest BCUT2D eigenvalue weighted by molar-refractivity contribution is 9.14. The van der Waals surface area contributed by atoms with E-state index in [1.165, 1.54) is 11.1 Å². The lowest BCUT2D eigenvalue weighted by Gasteiger charge is -2.25. The van der Waals surface area contributed by atoms with Crippen LogP contribution in [0.5, 0.6) is 0 Å². The summed E-state index contributed by atoms with van der Waals surface area (Å²) in [5.41, 5.74) is 3.69. The number of rotatable bonds is 2. The Morgan fingerprint density at radius 2 is 1.86 bits per heavy atom. The molecule has 0 amide bonds. The third-order valence-corrected chi connectivity index (χ3v) is 8.10.